The van der Waals surface area contributed by atoms with Crippen molar-refractivity contribution in [2.45, 2.75) is 45.6 Å². The van der Waals surface area contributed by atoms with E-state index in [1.807, 2.05) is 12.1 Å². The molecule has 0 saturated heterocycles. The summed E-state index contributed by atoms with van der Waals surface area (Å²) in [4.78, 5) is 8.98. The van der Waals surface area contributed by atoms with E-state index >= 15 is 0 Å². The molecule has 0 spiro atoms. The molecule has 0 aromatic carbocycles. The van der Waals surface area contributed by atoms with Crippen LogP contribution in [0.3, 0.4) is 0 Å². The van der Waals surface area contributed by atoms with Crippen LogP contribution in [-0.4, -0.2) is 44.4 Å². The molecule has 1 aliphatic rings. The molecule has 6 nitrogen and oxygen atoms in total. The van der Waals surface area contributed by atoms with E-state index in [0.717, 1.165) is 31.0 Å². The standard InChI is InChI=1S/C20H32N4O2/c1-3-21-20(23-13-11-17-8-5-4-6-9-17)24-16-18-10-7-12-22-19(18)26-15-14-25-2/h7-8,10,12H,3-6,9,11,13-16H2,1-2H3,(H2,21,23,24). The van der Waals surface area contributed by atoms with Gasteiger partial charge < -0.3 is 20.1 Å². The zero-order valence-corrected chi connectivity index (χ0v) is 16.1. The molecule has 0 bridgehead atoms. The summed E-state index contributed by atoms with van der Waals surface area (Å²) >= 11 is 0. The van der Waals surface area contributed by atoms with Crippen LogP contribution >= 0.6 is 0 Å². The van der Waals surface area contributed by atoms with Crippen molar-refractivity contribution < 1.29 is 9.47 Å². The third kappa shape index (κ3) is 7.44. The van der Waals surface area contributed by atoms with Gasteiger partial charge in [-0.3, -0.25) is 0 Å². The first-order valence-corrected chi connectivity index (χ1v) is 9.59. The number of rotatable bonds is 10. The number of pyridine rings is 1. The molecule has 144 valence electrons. The molecule has 0 atom stereocenters. The predicted octanol–water partition coefficient (Wildman–Crippen LogP) is 3.05. The minimum atomic E-state index is 0.484. The molecule has 1 aliphatic carbocycles. The fourth-order valence-electron chi connectivity index (χ4n) is 2.88. The molecule has 0 unspecified atom stereocenters. The van der Waals surface area contributed by atoms with Gasteiger partial charge in [-0.1, -0.05) is 17.7 Å². The first kappa shape index (κ1) is 20.2. The summed E-state index contributed by atoms with van der Waals surface area (Å²) in [5.74, 6) is 1.45. The SMILES string of the molecule is CCNC(=NCc1cccnc1OCCOC)NCCC1=CCCCC1. The van der Waals surface area contributed by atoms with Gasteiger partial charge in [-0.05, 0) is 45.1 Å². The maximum absolute atomic E-state index is 5.68. The largest absolute Gasteiger partial charge is 0.475 e. The van der Waals surface area contributed by atoms with Crippen LogP contribution in [0.1, 0.15) is 44.6 Å². The Labute approximate surface area is 157 Å². The second kappa shape index (κ2) is 12.3. The molecule has 0 radical (unpaired) electrons. The highest BCUT2D eigenvalue weighted by Gasteiger charge is 2.06. The highest BCUT2D eigenvalue weighted by Crippen LogP contribution is 2.19. The van der Waals surface area contributed by atoms with Crippen molar-refractivity contribution in [3.8, 4) is 5.88 Å². The normalized spacial score (nSPS) is 14.7. The van der Waals surface area contributed by atoms with Crippen LogP contribution in [-0.2, 0) is 11.3 Å². The summed E-state index contributed by atoms with van der Waals surface area (Å²) in [5, 5.41) is 6.73. The molecule has 1 aromatic rings. The third-order valence-electron chi connectivity index (χ3n) is 4.25. The molecule has 2 rings (SSSR count). The van der Waals surface area contributed by atoms with Gasteiger partial charge in [0.2, 0.25) is 5.88 Å². The topological polar surface area (TPSA) is 67.8 Å². The fraction of sp³-hybridized carbons (Fsp3) is 0.600. The van der Waals surface area contributed by atoms with Crippen molar-refractivity contribution in [2.75, 3.05) is 33.4 Å². The van der Waals surface area contributed by atoms with Crippen molar-refractivity contribution in [2.24, 2.45) is 4.99 Å². The number of aliphatic imine (C=N–C) groups is 1. The molecule has 2 N–H and O–H groups in total. The van der Waals surface area contributed by atoms with Crippen LogP contribution in [0.2, 0.25) is 0 Å². The van der Waals surface area contributed by atoms with Gasteiger partial charge in [0.1, 0.15) is 6.61 Å². The molecular formula is C20H32N4O2. The lowest BCUT2D eigenvalue weighted by molar-refractivity contribution is 0.143. The Kier molecular flexibility index (Phi) is 9.57. The van der Waals surface area contributed by atoms with Crippen molar-refractivity contribution >= 4 is 5.96 Å². The monoisotopic (exact) mass is 360 g/mol. The Hall–Kier alpha value is -2.08. The van der Waals surface area contributed by atoms with Gasteiger partial charge in [0.25, 0.3) is 0 Å². The smallest absolute Gasteiger partial charge is 0.218 e. The molecule has 0 aliphatic heterocycles. The number of hydrogen-bond acceptors (Lipinski definition) is 4. The Bertz CT molecular complexity index is 587. The van der Waals surface area contributed by atoms with Crippen LogP contribution in [0.4, 0.5) is 0 Å². The zero-order chi connectivity index (χ0) is 18.5. The van der Waals surface area contributed by atoms with E-state index in [1.54, 1.807) is 18.9 Å². The number of nitrogens with zero attached hydrogens (tertiary/aromatic N) is 2. The Morgan fingerprint density at radius 1 is 1.27 bits per heavy atom. The van der Waals surface area contributed by atoms with Gasteiger partial charge in [-0.25, -0.2) is 9.98 Å². The molecule has 0 saturated carbocycles. The Morgan fingerprint density at radius 3 is 2.96 bits per heavy atom. The number of allylic oxidation sites excluding steroid dienone is 1. The summed E-state index contributed by atoms with van der Waals surface area (Å²) in [6.07, 6.45) is 10.4. The minimum absolute atomic E-state index is 0.484. The Morgan fingerprint density at radius 2 is 2.19 bits per heavy atom. The molecular weight excluding hydrogens is 328 g/mol. The molecule has 1 heterocycles. The van der Waals surface area contributed by atoms with E-state index < -0.39 is 0 Å². The molecule has 1 aromatic heterocycles. The number of nitrogens with one attached hydrogen (secondary N) is 2. The number of methoxy groups -OCH3 is 1. The molecule has 0 fully saturated rings. The van der Waals surface area contributed by atoms with E-state index in [-0.39, 0.29) is 0 Å². The molecule has 0 amide bonds. The maximum Gasteiger partial charge on any atom is 0.218 e. The van der Waals surface area contributed by atoms with Crippen LogP contribution in [0.15, 0.2) is 35.0 Å². The Balaban J connectivity index is 1.88. The van der Waals surface area contributed by atoms with Crippen LogP contribution in [0, 0.1) is 0 Å². The van der Waals surface area contributed by atoms with Gasteiger partial charge in [0.05, 0.1) is 13.2 Å². The summed E-state index contributed by atoms with van der Waals surface area (Å²) in [7, 11) is 1.66. The number of ether oxygens (including phenoxy) is 2. The summed E-state index contributed by atoms with van der Waals surface area (Å²) in [6, 6.07) is 3.90. The average molecular weight is 361 g/mol. The van der Waals surface area contributed by atoms with Crippen molar-refractivity contribution in [1.29, 1.82) is 0 Å². The first-order chi connectivity index (χ1) is 12.8. The van der Waals surface area contributed by atoms with E-state index in [2.05, 4.69) is 33.6 Å². The highest BCUT2D eigenvalue weighted by atomic mass is 16.5. The fourth-order valence-corrected chi connectivity index (χ4v) is 2.88. The summed E-state index contributed by atoms with van der Waals surface area (Å²) in [6.45, 7) is 5.36. The summed E-state index contributed by atoms with van der Waals surface area (Å²) in [5.41, 5.74) is 2.54. The van der Waals surface area contributed by atoms with E-state index in [1.165, 1.54) is 25.7 Å². The summed E-state index contributed by atoms with van der Waals surface area (Å²) < 4.78 is 10.7. The van der Waals surface area contributed by atoms with Gasteiger partial charge in [-0.2, -0.15) is 0 Å². The maximum atomic E-state index is 5.68. The molecule has 26 heavy (non-hydrogen) atoms. The number of guanidine groups is 1. The molecule has 6 heteroatoms. The lowest BCUT2D eigenvalue weighted by atomic mass is 9.97. The van der Waals surface area contributed by atoms with Crippen molar-refractivity contribution in [1.82, 2.24) is 15.6 Å². The van der Waals surface area contributed by atoms with Gasteiger partial charge in [-0.15, -0.1) is 0 Å². The van der Waals surface area contributed by atoms with Gasteiger partial charge in [0.15, 0.2) is 5.96 Å². The second-order valence-corrected chi connectivity index (χ2v) is 6.29. The van der Waals surface area contributed by atoms with E-state index in [4.69, 9.17) is 9.47 Å². The van der Waals surface area contributed by atoms with Crippen molar-refractivity contribution in [3.63, 3.8) is 0 Å². The van der Waals surface area contributed by atoms with Crippen LogP contribution < -0.4 is 15.4 Å². The first-order valence-electron chi connectivity index (χ1n) is 9.59. The van der Waals surface area contributed by atoms with Gasteiger partial charge in [0, 0.05) is 32.0 Å². The average Bonchev–Trinajstić information content (AvgIpc) is 2.68. The van der Waals surface area contributed by atoms with Crippen LogP contribution in [0.5, 0.6) is 5.88 Å². The van der Waals surface area contributed by atoms with Crippen LogP contribution in [0.25, 0.3) is 0 Å². The van der Waals surface area contributed by atoms with Gasteiger partial charge >= 0.3 is 0 Å². The van der Waals surface area contributed by atoms with E-state index in [9.17, 15) is 0 Å². The highest BCUT2D eigenvalue weighted by molar-refractivity contribution is 5.79. The minimum Gasteiger partial charge on any atom is -0.475 e. The number of aromatic nitrogens is 1. The predicted molar refractivity (Wildman–Crippen MR) is 106 cm³/mol. The van der Waals surface area contributed by atoms with E-state index in [0.29, 0.717) is 25.6 Å². The lowest BCUT2D eigenvalue weighted by Gasteiger charge is -2.15. The lowest BCUT2D eigenvalue weighted by Crippen LogP contribution is -2.37. The zero-order valence-electron chi connectivity index (χ0n) is 16.1. The second-order valence-electron chi connectivity index (χ2n) is 6.29. The quantitative estimate of drug-likeness (QED) is 0.290. The van der Waals surface area contributed by atoms with Crippen molar-refractivity contribution in [3.05, 3.63) is 35.5 Å². The third-order valence-corrected chi connectivity index (χ3v) is 4.25. The number of hydrogen-bond donors (Lipinski definition) is 2.